The molecule has 0 aliphatic carbocycles. The second kappa shape index (κ2) is 4.27. The summed E-state index contributed by atoms with van der Waals surface area (Å²) in [5, 5.41) is 11.1. The smallest absolute Gasteiger partial charge is 0.337 e. The normalized spacial score (nSPS) is 10.9. The van der Waals surface area contributed by atoms with Gasteiger partial charge in [0.2, 0.25) is 0 Å². The van der Waals surface area contributed by atoms with Crippen molar-refractivity contribution in [2.24, 2.45) is 0 Å². The van der Waals surface area contributed by atoms with Gasteiger partial charge in [0, 0.05) is 17.5 Å². The molecule has 18 heavy (non-hydrogen) atoms. The van der Waals surface area contributed by atoms with E-state index in [1.54, 1.807) is 29.7 Å². The molecule has 0 aliphatic rings. The minimum Gasteiger partial charge on any atom is -0.478 e. The number of aromatic carboxylic acids is 1. The molecule has 0 aromatic carbocycles. The van der Waals surface area contributed by atoms with Gasteiger partial charge in [-0.05, 0) is 23.6 Å². The van der Waals surface area contributed by atoms with Crippen LogP contribution in [-0.4, -0.2) is 20.5 Å². The molecule has 0 spiro atoms. The number of thiophene rings is 1. The maximum Gasteiger partial charge on any atom is 0.337 e. The van der Waals surface area contributed by atoms with E-state index in [-0.39, 0.29) is 5.56 Å². The van der Waals surface area contributed by atoms with Gasteiger partial charge in [-0.25, -0.2) is 9.78 Å². The maximum absolute atomic E-state index is 11.1. The third kappa shape index (κ3) is 1.78. The van der Waals surface area contributed by atoms with Crippen LogP contribution >= 0.6 is 11.3 Å². The maximum atomic E-state index is 11.1. The van der Waals surface area contributed by atoms with Crippen LogP contribution in [0.2, 0.25) is 0 Å². The zero-order chi connectivity index (χ0) is 12.5. The Morgan fingerprint density at radius 2 is 2.28 bits per heavy atom. The molecule has 3 aromatic rings. The molecule has 0 bridgehead atoms. The lowest BCUT2D eigenvalue weighted by atomic mass is 10.2. The van der Waals surface area contributed by atoms with E-state index < -0.39 is 5.97 Å². The standard InChI is InChI=1S/C13H10N2O2S/c16-13(17)10-4-1-5-15-11(10)8-14-12(15)7-9-3-2-6-18-9/h1-6,8H,7H2,(H,16,17). The SMILES string of the molecule is O=C(O)c1cccn2c(Cc3cccs3)ncc12. The number of carbonyl (C=O) groups is 1. The third-order valence-electron chi connectivity index (χ3n) is 2.79. The van der Waals surface area contributed by atoms with Crippen molar-refractivity contribution in [1.82, 2.24) is 9.38 Å². The number of carboxylic acid groups (broad SMARTS) is 1. The molecule has 3 rings (SSSR count). The van der Waals surface area contributed by atoms with Crippen molar-refractivity contribution in [3.8, 4) is 0 Å². The van der Waals surface area contributed by atoms with Gasteiger partial charge in [0.05, 0.1) is 17.3 Å². The lowest BCUT2D eigenvalue weighted by molar-refractivity contribution is 0.0698. The van der Waals surface area contributed by atoms with E-state index in [2.05, 4.69) is 4.98 Å². The molecule has 0 saturated carbocycles. The average molecular weight is 258 g/mol. The quantitative estimate of drug-likeness (QED) is 0.785. The van der Waals surface area contributed by atoms with Crippen molar-refractivity contribution in [3.63, 3.8) is 0 Å². The van der Waals surface area contributed by atoms with Gasteiger partial charge in [0.25, 0.3) is 0 Å². The number of aromatic nitrogens is 2. The van der Waals surface area contributed by atoms with Crippen LogP contribution in [0.25, 0.3) is 5.52 Å². The first-order chi connectivity index (χ1) is 8.75. The van der Waals surface area contributed by atoms with Crippen LogP contribution in [0.3, 0.4) is 0 Å². The molecule has 0 saturated heterocycles. The van der Waals surface area contributed by atoms with Gasteiger partial charge in [-0.15, -0.1) is 11.3 Å². The first-order valence-electron chi connectivity index (χ1n) is 5.46. The summed E-state index contributed by atoms with van der Waals surface area (Å²) < 4.78 is 1.84. The highest BCUT2D eigenvalue weighted by molar-refractivity contribution is 7.09. The Morgan fingerprint density at radius 3 is 3.00 bits per heavy atom. The summed E-state index contributed by atoms with van der Waals surface area (Å²) in [4.78, 5) is 16.6. The molecule has 90 valence electrons. The average Bonchev–Trinajstić information content (AvgIpc) is 2.99. The molecule has 0 amide bonds. The number of carboxylic acids is 1. The molecule has 0 fully saturated rings. The second-order valence-corrected chi connectivity index (χ2v) is 4.95. The van der Waals surface area contributed by atoms with E-state index in [1.165, 1.54) is 4.88 Å². The Kier molecular flexibility index (Phi) is 2.60. The largest absolute Gasteiger partial charge is 0.478 e. The summed E-state index contributed by atoms with van der Waals surface area (Å²) in [6.45, 7) is 0. The van der Waals surface area contributed by atoms with E-state index in [0.29, 0.717) is 5.52 Å². The van der Waals surface area contributed by atoms with Crippen LogP contribution in [0.15, 0.2) is 42.0 Å². The minimum absolute atomic E-state index is 0.280. The zero-order valence-electron chi connectivity index (χ0n) is 9.41. The zero-order valence-corrected chi connectivity index (χ0v) is 10.2. The van der Waals surface area contributed by atoms with Gasteiger partial charge in [-0.2, -0.15) is 0 Å². The van der Waals surface area contributed by atoms with Gasteiger partial charge in [0.1, 0.15) is 5.82 Å². The second-order valence-electron chi connectivity index (χ2n) is 3.91. The summed E-state index contributed by atoms with van der Waals surface area (Å²) >= 11 is 1.67. The molecule has 0 unspecified atom stereocenters. The minimum atomic E-state index is -0.928. The number of pyridine rings is 1. The van der Waals surface area contributed by atoms with Crippen molar-refractivity contribution in [1.29, 1.82) is 0 Å². The Labute approximate surface area is 107 Å². The first kappa shape index (κ1) is 11.0. The van der Waals surface area contributed by atoms with Gasteiger partial charge in [0.15, 0.2) is 0 Å². The number of rotatable bonds is 3. The monoisotopic (exact) mass is 258 g/mol. The van der Waals surface area contributed by atoms with E-state index in [0.717, 1.165) is 12.2 Å². The summed E-state index contributed by atoms with van der Waals surface area (Å²) in [6, 6.07) is 7.37. The highest BCUT2D eigenvalue weighted by atomic mass is 32.1. The molecule has 0 radical (unpaired) electrons. The number of nitrogens with zero attached hydrogens (tertiary/aromatic N) is 2. The molecule has 0 atom stereocenters. The lowest BCUT2D eigenvalue weighted by Gasteiger charge is -2.01. The van der Waals surface area contributed by atoms with E-state index >= 15 is 0 Å². The van der Waals surface area contributed by atoms with Crippen molar-refractivity contribution >= 4 is 22.8 Å². The fourth-order valence-electron chi connectivity index (χ4n) is 1.96. The van der Waals surface area contributed by atoms with E-state index in [9.17, 15) is 4.79 Å². The fourth-order valence-corrected chi connectivity index (χ4v) is 2.66. The molecular weight excluding hydrogens is 248 g/mol. The van der Waals surface area contributed by atoms with Crippen LogP contribution in [0.4, 0.5) is 0 Å². The van der Waals surface area contributed by atoms with E-state index in [1.807, 2.05) is 28.1 Å². The number of fused-ring (bicyclic) bond motifs is 1. The van der Waals surface area contributed by atoms with Crippen LogP contribution < -0.4 is 0 Å². The number of hydrogen-bond acceptors (Lipinski definition) is 3. The predicted octanol–water partition coefficient (Wildman–Crippen LogP) is 2.68. The van der Waals surface area contributed by atoms with Crippen molar-refractivity contribution < 1.29 is 9.90 Å². The van der Waals surface area contributed by atoms with Crippen LogP contribution in [0, 0.1) is 0 Å². The van der Waals surface area contributed by atoms with E-state index in [4.69, 9.17) is 5.11 Å². The van der Waals surface area contributed by atoms with Gasteiger partial charge >= 0.3 is 5.97 Å². The molecule has 3 aromatic heterocycles. The lowest BCUT2D eigenvalue weighted by Crippen LogP contribution is -2.01. The molecular formula is C13H10N2O2S. The third-order valence-corrected chi connectivity index (χ3v) is 3.67. The highest BCUT2D eigenvalue weighted by Gasteiger charge is 2.12. The van der Waals surface area contributed by atoms with Gasteiger partial charge < -0.3 is 9.51 Å². The number of imidazole rings is 1. The topological polar surface area (TPSA) is 54.6 Å². The summed E-state index contributed by atoms with van der Waals surface area (Å²) in [5.74, 6) is -0.0706. The van der Waals surface area contributed by atoms with Crippen molar-refractivity contribution in [2.45, 2.75) is 6.42 Å². The Bertz CT molecular complexity index is 701. The Morgan fingerprint density at radius 1 is 1.39 bits per heavy atom. The van der Waals surface area contributed by atoms with Crippen LogP contribution in [-0.2, 0) is 6.42 Å². The molecule has 5 heteroatoms. The van der Waals surface area contributed by atoms with Crippen molar-refractivity contribution in [3.05, 3.63) is 58.3 Å². The molecule has 0 aliphatic heterocycles. The first-order valence-corrected chi connectivity index (χ1v) is 6.34. The molecule has 3 heterocycles. The van der Waals surface area contributed by atoms with Crippen LogP contribution in [0.5, 0.6) is 0 Å². The summed E-state index contributed by atoms with van der Waals surface area (Å²) in [7, 11) is 0. The molecule has 4 nitrogen and oxygen atoms in total. The summed E-state index contributed by atoms with van der Waals surface area (Å²) in [6.07, 6.45) is 4.18. The predicted molar refractivity (Wildman–Crippen MR) is 69.3 cm³/mol. The van der Waals surface area contributed by atoms with Crippen LogP contribution in [0.1, 0.15) is 21.1 Å². The van der Waals surface area contributed by atoms with Crippen molar-refractivity contribution in [2.75, 3.05) is 0 Å². The van der Waals surface area contributed by atoms with Gasteiger partial charge in [-0.3, -0.25) is 0 Å². The Hall–Kier alpha value is -2.14. The highest BCUT2D eigenvalue weighted by Crippen LogP contribution is 2.17. The number of hydrogen-bond donors (Lipinski definition) is 1. The fraction of sp³-hybridized carbons (Fsp3) is 0.0769. The summed E-state index contributed by atoms with van der Waals surface area (Å²) in [5.41, 5.74) is 0.916. The Balaban J connectivity index is 2.09. The van der Waals surface area contributed by atoms with Gasteiger partial charge in [-0.1, -0.05) is 6.07 Å². The molecule has 1 N–H and O–H groups in total.